The van der Waals surface area contributed by atoms with Crippen molar-refractivity contribution in [1.82, 2.24) is 25.2 Å². The Morgan fingerprint density at radius 3 is 3.05 bits per heavy atom. The smallest absolute Gasteiger partial charge is 0.224 e. The number of hydrogen-bond donors (Lipinski definition) is 1. The summed E-state index contributed by atoms with van der Waals surface area (Å²) in [5.74, 6) is 0.816. The van der Waals surface area contributed by atoms with E-state index in [2.05, 4.69) is 29.5 Å². The number of carbonyl (C=O) groups is 1. The lowest BCUT2D eigenvalue weighted by Crippen LogP contribution is -2.44. The Bertz CT molecular complexity index is 404. The van der Waals surface area contributed by atoms with E-state index in [-0.39, 0.29) is 5.91 Å². The van der Waals surface area contributed by atoms with Crippen molar-refractivity contribution in [3.8, 4) is 0 Å². The number of rotatable bonds is 6. The second-order valence-corrected chi connectivity index (χ2v) is 5.83. The molecule has 2 rings (SSSR count). The van der Waals surface area contributed by atoms with E-state index in [0.29, 0.717) is 24.9 Å². The molecule has 1 atom stereocenters. The van der Waals surface area contributed by atoms with E-state index in [0.717, 1.165) is 26.1 Å². The van der Waals surface area contributed by atoms with E-state index in [9.17, 15) is 4.79 Å². The molecule has 20 heavy (non-hydrogen) atoms. The molecule has 1 aromatic rings. The maximum Gasteiger partial charge on any atom is 0.224 e. The SMILES string of the molecule is CC(C)NCC1CCCN(C(=O)CCn2ccnn2)C1. The number of likely N-dealkylation sites (tertiary alicyclic amines) is 1. The van der Waals surface area contributed by atoms with Gasteiger partial charge >= 0.3 is 0 Å². The summed E-state index contributed by atoms with van der Waals surface area (Å²) in [4.78, 5) is 14.2. The molecule has 0 bridgehead atoms. The van der Waals surface area contributed by atoms with Crippen LogP contribution in [0.5, 0.6) is 0 Å². The Morgan fingerprint density at radius 2 is 2.35 bits per heavy atom. The Labute approximate surface area is 120 Å². The van der Waals surface area contributed by atoms with Crippen molar-refractivity contribution < 1.29 is 4.79 Å². The van der Waals surface area contributed by atoms with Crippen molar-refractivity contribution in [3.05, 3.63) is 12.4 Å². The number of amides is 1. The maximum atomic E-state index is 12.2. The van der Waals surface area contributed by atoms with Crippen LogP contribution in [0.3, 0.4) is 0 Å². The van der Waals surface area contributed by atoms with Gasteiger partial charge in [0.2, 0.25) is 5.91 Å². The van der Waals surface area contributed by atoms with Crippen LogP contribution in [0.2, 0.25) is 0 Å². The molecular formula is C14H25N5O. The highest BCUT2D eigenvalue weighted by molar-refractivity contribution is 5.76. The van der Waals surface area contributed by atoms with Crippen molar-refractivity contribution in [1.29, 1.82) is 0 Å². The lowest BCUT2D eigenvalue weighted by Gasteiger charge is -2.33. The average Bonchev–Trinajstić information content (AvgIpc) is 2.96. The molecule has 1 aliphatic rings. The minimum Gasteiger partial charge on any atom is -0.342 e. The molecule has 1 fully saturated rings. The summed E-state index contributed by atoms with van der Waals surface area (Å²) in [6.45, 7) is 7.72. The third-order valence-electron chi connectivity index (χ3n) is 3.71. The first-order valence-corrected chi connectivity index (χ1v) is 7.50. The minimum absolute atomic E-state index is 0.231. The Balaban J connectivity index is 1.74. The summed E-state index contributed by atoms with van der Waals surface area (Å²) in [6, 6.07) is 0.508. The lowest BCUT2D eigenvalue weighted by atomic mass is 9.97. The van der Waals surface area contributed by atoms with Gasteiger partial charge in [0.15, 0.2) is 0 Å². The number of piperidine rings is 1. The number of hydrogen-bond acceptors (Lipinski definition) is 4. The summed E-state index contributed by atoms with van der Waals surface area (Å²) < 4.78 is 1.71. The van der Waals surface area contributed by atoms with Crippen molar-refractivity contribution in [2.24, 2.45) is 5.92 Å². The van der Waals surface area contributed by atoms with Crippen LogP contribution in [0, 0.1) is 5.92 Å². The Hall–Kier alpha value is -1.43. The molecule has 0 saturated carbocycles. The quantitative estimate of drug-likeness (QED) is 0.840. The van der Waals surface area contributed by atoms with Crippen LogP contribution in [-0.4, -0.2) is 51.5 Å². The van der Waals surface area contributed by atoms with Crippen LogP contribution in [0.25, 0.3) is 0 Å². The summed E-state index contributed by atoms with van der Waals surface area (Å²) in [5, 5.41) is 11.1. The van der Waals surface area contributed by atoms with E-state index in [1.54, 1.807) is 17.1 Å². The highest BCUT2D eigenvalue weighted by Gasteiger charge is 2.23. The van der Waals surface area contributed by atoms with Gasteiger partial charge in [0, 0.05) is 31.7 Å². The molecule has 2 heterocycles. The third-order valence-corrected chi connectivity index (χ3v) is 3.71. The van der Waals surface area contributed by atoms with Crippen LogP contribution in [0.15, 0.2) is 12.4 Å². The zero-order chi connectivity index (χ0) is 14.4. The van der Waals surface area contributed by atoms with Crippen molar-refractivity contribution in [2.75, 3.05) is 19.6 Å². The standard InChI is InChI=1S/C14H25N5O/c1-12(2)15-10-13-4-3-7-18(11-13)14(20)5-8-19-9-6-16-17-19/h6,9,12-13,15H,3-5,7-8,10-11H2,1-2H3. The molecule has 0 aromatic carbocycles. The zero-order valence-corrected chi connectivity index (χ0v) is 12.5. The van der Waals surface area contributed by atoms with Gasteiger partial charge in [-0.05, 0) is 25.3 Å². The molecular weight excluding hydrogens is 254 g/mol. The number of aromatic nitrogens is 3. The van der Waals surface area contributed by atoms with Crippen LogP contribution >= 0.6 is 0 Å². The second-order valence-electron chi connectivity index (χ2n) is 5.83. The van der Waals surface area contributed by atoms with Gasteiger partial charge in [-0.2, -0.15) is 0 Å². The van der Waals surface area contributed by atoms with E-state index in [4.69, 9.17) is 0 Å². The molecule has 1 unspecified atom stereocenters. The molecule has 6 heteroatoms. The van der Waals surface area contributed by atoms with Crippen LogP contribution < -0.4 is 5.32 Å². The summed E-state index contributed by atoms with van der Waals surface area (Å²) in [6.07, 6.45) is 6.26. The van der Waals surface area contributed by atoms with E-state index < -0.39 is 0 Å². The van der Waals surface area contributed by atoms with E-state index in [1.165, 1.54) is 6.42 Å². The van der Waals surface area contributed by atoms with Crippen LogP contribution in [0.1, 0.15) is 33.1 Å². The maximum absolute atomic E-state index is 12.2. The van der Waals surface area contributed by atoms with Crippen LogP contribution in [0.4, 0.5) is 0 Å². The molecule has 1 saturated heterocycles. The molecule has 0 aliphatic carbocycles. The van der Waals surface area contributed by atoms with E-state index in [1.807, 2.05) is 4.90 Å². The van der Waals surface area contributed by atoms with Gasteiger partial charge < -0.3 is 10.2 Å². The molecule has 1 amide bonds. The summed E-state index contributed by atoms with van der Waals surface area (Å²) in [5.41, 5.74) is 0. The topological polar surface area (TPSA) is 63.1 Å². The van der Waals surface area contributed by atoms with Gasteiger partial charge in [-0.1, -0.05) is 19.1 Å². The fourth-order valence-electron chi connectivity index (χ4n) is 2.58. The number of carbonyl (C=O) groups excluding carboxylic acids is 1. The molecule has 1 N–H and O–H groups in total. The predicted molar refractivity (Wildman–Crippen MR) is 77.1 cm³/mol. The summed E-state index contributed by atoms with van der Waals surface area (Å²) >= 11 is 0. The monoisotopic (exact) mass is 279 g/mol. The lowest BCUT2D eigenvalue weighted by molar-refractivity contribution is -0.133. The highest BCUT2D eigenvalue weighted by Crippen LogP contribution is 2.16. The fraction of sp³-hybridized carbons (Fsp3) is 0.786. The van der Waals surface area contributed by atoms with Gasteiger partial charge in [-0.3, -0.25) is 9.48 Å². The minimum atomic E-state index is 0.231. The largest absolute Gasteiger partial charge is 0.342 e. The molecule has 0 radical (unpaired) electrons. The number of aryl methyl sites for hydroxylation is 1. The molecule has 1 aromatic heterocycles. The van der Waals surface area contributed by atoms with Crippen LogP contribution in [-0.2, 0) is 11.3 Å². The Kier molecular flexibility index (Phi) is 5.52. The Morgan fingerprint density at radius 1 is 1.50 bits per heavy atom. The second kappa shape index (κ2) is 7.38. The first-order valence-electron chi connectivity index (χ1n) is 7.50. The average molecular weight is 279 g/mol. The third kappa shape index (κ3) is 4.59. The van der Waals surface area contributed by atoms with Gasteiger partial charge in [-0.25, -0.2) is 0 Å². The van der Waals surface area contributed by atoms with Gasteiger partial charge in [0.1, 0.15) is 0 Å². The molecule has 1 aliphatic heterocycles. The molecule has 6 nitrogen and oxygen atoms in total. The van der Waals surface area contributed by atoms with Gasteiger partial charge in [-0.15, -0.1) is 5.10 Å². The fourth-order valence-corrected chi connectivity index (χ4v) is 2.58. The van der Waals surface area contributed by atoms with Crippen molar-refractivity contribution >= 4 is 5.91 Å². The normalized spacial score (nSPS) is 19.6. The zero-order valence-electron chi connectivity index (χ0n) is 12.5. The molecule has 112 valence electrons. The number of nitrogens with zero attached hydrogens (tertiary/aromatic N) is 4. The van der Waals surface area contributed by atoms with Gasteiger partial charge in [0.25, 0.3) is 0 Å². The summed E-state index contributed by atoms with van der Waals surface area (Å²) in [7, 11) is 0. The number of nitrogens with one attached hydrogen (secondary N) is 1. The highest BCUT2D eigenvalue weighted by atomic mass is 16.2. The van der Waals surface area contributed by atoms with Gasteiger partial charge in [0.05, 0.1) is 12.7 Å². The van der Waals surface area contributed by atoms with Crippen molar-refractivity contribution in [2.45, 2.75) is 45.7 Å². The van der Waals surface area contributed by atoms with Crippen molar-refractivity contribution in [3.63, 3.8) is 0 Å². The molecule has 0 spiro atoms. The van der Waals surface area contributed by atoms with E-state index >= 15 is 0 Å². The first-order chi connectivity index (χ1) is 9.65. The predicted octanol–water partition coefficient (Wildman–Crippen LogP) is 0.905. The first kappa shape index (κ1) is 15.0.